The molecule has 0 aliphatic carbocycles. The lowest BCUT2D eigenvalue weighted by atomic mass is 10.0. The van der Waals surface area contributed by atoms with E-state index in [2.05, 4.69) is 13.8 Å². The summed E-state index contributed by atoms with van der Waals surface area (Å²) in [5.74, 6) is 0.0748. The highest BCUT2D eigenvalue weighted by atomic mass is 19.1. The minimum absolute atomic E-state index is 0.0797. The fraction of sp³-hybridized carbons (Fsp3) is 0.533. The van der Waals surface area contributed by atoms with E-state index in [9.17, 15) is 9.18 Å². The Bertz CT molecular complexity index is 388. The van der Waals surface area contributed by atoms with Crippen molar-refractivity contribution in [2.75, 3.05) is 13.1 Å². The number of carbonyl (C=O) groups is 1. The first-order valence-electron chi connectivity index (χ1n) is 6.67. The third-order valence-electron chi connectivity index (χ3n) is 3.37. The molecular weight excluding hydrogens is 229 g/mol. The second-order valence-corrected chi connectivity index (χ2v) is 4.54. The molecule has 0 aromatic heterocycles. The highest BCUT2D eigenvalue weighted by Crippen LogP contribution is 2.13. The van der Waals surface area contributed by atoms with Crippen molar-refractivity contribution < 1.29 is 9.18 Å². The molecule has 1 amide bonds. The van der Waals surface area contributed by atoms with Gasteiger partial charge >= 0.3 is 0 Å². The fourth-order valence-corrected chi connectivity index (χ4v) is 2.02. The van der Waals surface area contributed by atoms with Crippen molar-refractivity contribution in [3.8, 4) is 0 Å². The van der Waals surface area contributed by atoms with Gasteiger partial charge in [0.25, 0.3) is 5.91 Å². The van der Waals surface area contributed by atoms with Crippen molar-refractivity contribution in [3.63, 3.8) is 0 Å². The monoisotopic (exact) mass is 251 g/mol. The van der Waals surface area contributed by atoms with E-state index in [4.69, 9.17) is 0 Å². The molecule has 3 heteroatoms. The molecule has 0 heterocycles. The van der Waals surface area contributed by atoms with E-state index in [0.717, 1.165) is 19.4 Å². The number of hydrogen-bond acceptors (Lipinski definition) is 1. The van der Waals surface area contributed by atoms with Gasteiger partial charge in [0.05, 0.1) is 0 Å². The SMILES string of the molecule is CCC(CC)CN(CC)C(=O)c1cccc(F)c1. The molecule has 0 saturated carbocycles. The maximum Gasteiger partial charge on any atom is 0.253 e. The molecule has 0 fully saturated rings. The summed E-state index contributed by atoms with van der Waals surface area (Å²) in [7, 11) is 0. The zero-order chi connectivity index (χ0) is 13.5. The van der Waals surface area contributed by atoms with Gasteiger partial charge in [0.2, 0.25) is 0 Å². The molecule has 0 bridgehead atoms. The molecule has 0 unspecified atom stereocenters. The number of nitrogens with zero attached hydrogens (tertiary/aromatic N) is 1. The Morgan fingerprint density at radius 1 is 1.28 bits per heavy atom. The number of rotatable bonds is 6. The summed E-state index contributed by atoms with van der Waals surface area (Å²) in [4.78, 5) is 14.1. The van der Waals surface area contributed by atoms with E-state index in [-0.39, 0.29) is 11.7 Å². The topological polar surface area (TPSA) is 20.3 Å². The summed E-state index contributed by atoms with van der Waals surface area (Å²) in [5.41, 5.74) is 0.433. The van der Waals surface area contributed by atoms with Crippen molar-refractivity contribution in [1.82, 2.24) is 4.90 Å². The van der Waals surface area contributed by atoms with Crippen LogP contribution in [0.4, 0.5) is 4.39 Å². The highest BCUT2D eigenvalue weighted by Gasteiger charge is 2.17. The predicted molar refractivity (Wildman–Crippen MR) is 72.0 cm³/mol. The minimum Gasteiger partial charge on any atom is -0.339 e. The highest BCUT2D eigenvalue weighted by molar-refractivity contribution is 5.94. The van der Waals surface area contributed by atoms with Gasteiger partial charge in [-0.2, -0.15) is 0 Å². The first-order valence-corrected chi connectivity index (χ1v) is 6.67. The summed E-state index contributed by atoms with van der Waals surface area (Å²) in [6.07, 6.45) is 2.12. The predicted octanol–water partition coefficient (Wildman–Crippen LogP) is 3.72. The van der Waals surface area contributed by atoms with Crippen molar-refractivity contribution in [1.29, 1.82) is 0 Å². The van der Waals surface area contributed by atoms with Gasteiger partial charge in [-0.05, 0) is 31.0 Å². The standard InChI is InChI=1S/C15H22FNO/c1-4-12(5-2)11-17(6-3)15(18)13-8-7-9-14(16)10-13/h7-10,12H,4-6,11H2,1-3H3. The first-order chi connectivity index (χ1) is 8.62. The Morgan fingerprint density at radius 2 is 1.94 bits per heavy atom. The summed E-state index contributed by atoms with van der Waals surface area (Å²) < 4.78 is 13.1. The Hall–Kier alpha value is -1.38. The zero-order valence-electron chi connectivity index (χ0n) is 11.4. The summed E-state index contributed by atoms with van der Waals surface area (Å²) in [5, 5.41) is 0. The molecule has 0 saturated heterocycles. The van der Waals surface area contributed by atoms with E-state index >= 15 is 0 Å². The van der Waals surface area contributed by atoms with Gasteiger partial charge in [0.15, 0.2) is 0 Å². The lowest BCUT2D eigenvalue weighted by molar-refractivity contribution is 0.0734. The van der Waals surface area contributed by atoms with Gasteiger partial charge < -0.3 is 4.90 Å². The van der Waals surface area contributed by atoms with Crippen LogP contribution >= 0.6 is 0 Å². The van der Waals surface area contributed by atoms with Crippen LogP contribution in [0.1, 0.15) is 44.0 Å². The van der Waals surface area contributed by atoms with Crippen LogP contribution in [0.5, 0.6) is 0 Å². The number of halogens is 1. The van der Waals surface area contributed by atoms with Crippen molar-refractivity contribution >= 4 is 5.91 Å². The normalized spacial score (nSPS) is 10.7. The first kappa shape index (κ1) is 14.7. The maximum atomic E-state index is 13.1. The molecule has 1 aromatic rings. The van der Waals surface area contributed by atoms with Crippen LogP contribution < -0.4 is 0 Å². The Kier molecular flexibility index (Phi) is 5.83. The average molecular weight is 251 g/mol. The van der Waals surface area contributed by atoms with Crippen LogP contribution in [0.15, 0.2) is 24.3 Å². The number of carbonyl (C=O) groups excluding carboxylic acids is 1. The molecule has 100 valence electrons. The Balaban J connectivity index is 2.79. The number of amides is 1. The number of benzene rings is 1. The van der Waals surface area contributed by atoms with E-state index in [1.165, 1.54) is 12.1 Å². The molecule has 0 aliphatic heterocycles. The lowest BCUT2D eigenvalue weighted by Crippen LogP contribution is -2.35. The smallest absolute Gasteiger partial charge is 0.253 e. The van der Waals surface area contributed by atoms with E-state index < -0.39 is 0 Å². The molecule has 0 atom stereocenters. The van der Waals surface area contributed by atoms with Crippen molar-refractivity contribution in [2.45, 2.75) is 33.6 Å². The molecule has 18 heavy (non-hydrogen) atoms. The molecular formula is C15H22FNO. The molecule has 0 radical (unpaired) electrons. The van der Waals surface area contributed by atoms with Gasteiger partial charge in [0.1, 0.15) is 5.82 Å². The van der Waals surface area contributed by atoms with Crippen LogP contribution in [0.2, 0.25) is 0 Å². The molecule has 2 nitrogen and oxygen atoms in total. The van der Waals surface area contributed by atoms with Crippen molar-refractivity contribution in [3.05, 3.63) is 35.6 Å². The fourth-order valence-electron chi connectivity index (χ4n) is 2.02. The maximum absolute atomic E-state index is 13.1. The van der Waals surface area contributed by atoms with Crippen LogP contribution in [-0.2, 0) is 0 Å². The molecule has 1 rings (SSSR count). The third-order valence-corrected chi connectivity index (χ3v) is 3.37. The van der Waals surface area contributed by atoms with Gasteiger partial charge in [-0.1, -0.05) is 32.8 Å². The van der Waals surface area contributed by atoms with E-state index in [1.54, 1.807) is 17.0 Å². The lowest BCUT2D eigenvalue weighted by Gasteiger charge is -2.25. The molecule has 0 N–H and O–H groups in total. The minimum atomic E-state index is -0.362. The summed E-state index contributed by atoms with van der Waals surface area (Å²) in [6.45, 7) is 7.63. The van der Waals surface area contributed by atoms with Gasteiger partial charge in [0, 0.05) is 18.7 Å². The zero-order valence-corrected chi connectivity index (χ0v) is 11.4. The van der Waals surface area contributed by atoms with Gasteiger partial charge in [-0.25, -0.2) is 4.39 Å². The molecule has 0 aliphatic rings. The van der Waals surface area contributed by atoms with Crippen molar-refractivity contribution in [2.24, 2.45) is 5.92 Å². The summed E-state index contributed by atoms with van der Waals surface area (Å²) >= 11 is 0. The Morgan fingerprint density at radius 3 is 2.44 bits per heavy atom. The second-order valence-electron chi connectivity index (χ2n) is 4.54. The van der Waals surface area contributed by atoms with Gasteiger partial charge in [-0.15, -0.1) is 0 Å². The average Bonchev–Trinajstić information content (AvgIpc) is 2.39. The molecule has 0 spiro atoms. The van der Waals surface area contributed by atoms with E-state index in [1.807, 2.05) is 6.92 Å². The number of hydrogen-bond donors (Lipinski definition) is 0. The molecule has 1 aromatic carbocycles. The van der Waals surface area contributed by atoms with Crippen LogP contribution in [0, 0.1) is 11.7 Å². The second kappa shape index (κ2) is 7.14. The summed E-state index contributed by atoms with van der Waals surface area (Å²) in [6, 6.07) is 5.90. The van der Waals surface area contributed by atoms with E-state index in [0.29, 0.717) is 18.0 Å². The van der Waals surface area contributed by atoms with Crippen LogP contribution in [0.25, 0.3) is 0 Å². The Labute approximate surface area is 109 Å². The largest absolute Gasteiger partial charge is 0.339 e. The third kappa shape index (κ3) is 3.83. The van der Waals surface area contributed by atoms with Crippen LogP contribution in [-0.4, -0.2) is 23.9 Å². The quantitative estimate of drug-likeness (QED) is 0.754. The van der Waals surface area contributed by atoms with Crippen LogP contribution in [0.3, 0.4) is 0 Å². The van der Waals surface area contributed by atoms with Gasteiger partial charge in [-0.3, -0.25) is 4.79 Å².